The molecule has 1 aromatic carbocycles. The Morgan fingerprint density at radius 3 is 2.62 bits per heavy atom. The van der Waals surface area contributed by atoms with Crippen LogP contribution in [0.5, 0.6) is 5.75 Å². The minimum Gasteiger partial charge on any atom is -0.487 e. The molecule has 1 fully saturated rings. The summed E-state index contributed by atoms with van der Waals surface area (Å²) >= 11 is 0. The van der Waals surface area contributed by atoms with Gasteiger partial charge in [-0.05, 0) is 43.5 Å². The lowest BCUT2D eigenvalue weighted by Crippen LogP contribution is -2.06. The molecule has 1 aromatic heterocycles. The molecule has 112 valence electrons. The molecular formula is C17H23N3O. The summed E-state index contributed by atoms with van der Waals surface area (Å²) in [6, 6.07) is 10.6. The predicted octanol–water partition coefficient (Wildman–Crippen LogP) is 3.60. The number of nitrogens with two attached hydrogens (primary N) is 1. The lowest BCUT2D eigenvalue weighted by atomic mass is 10.1. The van der Waals surface area contributed by atoms with Gasteiger partial charge in [0.1, 0.15) is 12.4 Å². The van der Waals surface area contributed by atoms with Gasteiger partial charge in [-0.1, -0.05) is 25.0 Å². The van der Waals surface area contributed by atoms with Crippen molar-refractivity contribution in [2.45, 2.75) is 51.3 Å². The van der Waals surface area contributed by atoms with E-state index in [2.05, 4.69) is 22.0 Å². The summed E-state index contributed by atoms with van der Waals surface area (Å²) in [6.07, 6.45) is 7.22. The fourth-order valence-electron chi connectivity index (χ4n) is 2.85. The SMILES string of the molecule is C[C@H](N)c1ccc(OCc2ccn(C3CCCC3)n2)cc1. The summed E-state index contributed by atoms with van der Waals surface area (Å²) in [4.78, 5) is 0. The Morgan fingerprint density at radius 1 is 1.24 bits per heavy atom. The van der Waals surface area contributed by atoms with Gasteiger partial charge in [-0.3, -0.25) is 4.68 Å². The monoisotopic (exact) mass is 285 g/mol. The van der Waals surface area contributed by atoms with E-state index in [1.165, 1.54) is 25.7 Å². The first kappa shape index (κ1) is 14.1. The lowest BCUT2D eigenvalue weighted by molar-refractivity contribution is 0.298. The third kappa shape index (κ3) is 3.45. The van der Waals surface area contributed by atoms with Crippen LogP contribution in [0.2, 0.25) is 0 Å². The van der Waals surface area contributed by atoms with Gasteiger partial charge in [-0.2, -0.15) is 5.10 Å². The molecule has 0 bridgehead atoms. The zero-order valence-corrected chi connectivity index (χ0v) is 12.5. The standard InChI is InChI=1S/C17H23N3O/c1-13(18)14-6-8-17(9-7-14)21-12-15-10-11-20(19-15)16-4-2-3-5-16/h6-11,13,16H,2-5,12,18H2,1H3/t13-/m0/s1. The highest BCUT2D eigenvalue weighted by Gasteiger charge is 2.17. The Hall–Kier alpha value is -1.81. The van der Waals surface area contributed by atoms with Gasteiger partial charge in [0.05, 0.1) is 11.7 Å². The van der Waals surface area contributed by atoms with Crippen LogP contribution in [-0.4, -0.2) is 9.78 Å². The van der Waals surface area contributed by atoms with Gasteiger partial charge in [-0.25, -0.2) is 0 Å². The van der Waals surface area contributed by atoms with Crippen molar-refractivity contribution in [3.05, 3.63) is 47.8 Å². The van der Waals surface area contributed by atoms with Crippen LogP contribution in [-0.2, 0) is 6.61 Å². The molecule has 1 heterocycles. The second kappa shape index (κ2) is 6.31. The number of hydrogen-bond acceptors (Lipinski definition) is 3. The number of aromatic nitrogens is 2. The second-order valence-electron chi connectivity index (χ2n) is 5.87. The maximum Gasteiger partial charge on any atom is 0.132 e. The maximum atomic E-state index is 5.84. The molecule has 0 radical (unpaired) electrons. The molecule has 1 saturated carbocycles. The topological polar surface area (TPSA) is 53.1 Å². The number of benzene rings is 1. The van der Waals surface area contributed by atoms with Crippen molar-refractivity contribution in [2.75, 3.05) is 0 Å². The molecule has 4 nitrogen and oxygen atoms in total. The third-order valence-corrected chi connectivity index (χ3v) is 4.15. The first-order chi connectivity index (χ1) is 10.2. The highest BCUT2D eigenvalue weighted by Crippen LogP contribution is 2.28. The van der Waals surface area contributed by atoms with Crippen molar-refractivity contribution in [3.63, 3.8) is 0 Å². The zero-order valence-electron chi connectivity index (χ0n) is 12.5. The van der Waals surface area contributed by atoms with Crippen molar-refractivity contribution in [1.82, 2.24) is 9.78 Å². The van der Waals surface area contributed by atoms with Crippen LogP contribution in [0, 0.1) is 0 Å². The molecule has 0 unspecified atom stereocenters. The molecule has 0 saturated heterocycles. The lowest BCUT2D eigenvalue weighted by Gasteiger charge is -2.09. The van der Waals surface area contributed by atoms with E-state index in [0.29, 0.717) is 12.6 Å². The Kier molecular flexibility index (Phi) is 4.25. The molecule has 0 amide bonds. The van der Waals surface area contributed by atoms with Crippen molar-refractivity contribution in [1.29, 1.82) is 0 Å². The van der Waals surface area contributed by atoms with Crippen molar-refractivity contribution >= 4 is 0 Å². The number of hydrogen-bond donors (Lipinski definition) is 1. The molecule has 0 aliphatic heterocycles. The summed E-state index contributed by atoms with van der Waals surface area (Å²) in [5.74, 6) is 0.856. The van der Waals surface area contributed by atoms with Crippen molar-refractivity contribution in [3.8, 4) is 5.75 Å². The minimum atomic E-state index is 0.0566. The molecule has 4 heteroatoms. The van der Waals surface area contributed by atoms with Crippen LogP contribution in [0.1, 0.15) is 55.9 Å². The van der Waals surface area contributed by atoms with Gasteiger partial charge >= 0.3 is 0 Å². The van der Waals surface area contributed by atoms with Crippen LogP contribution >= 0.6 is 0 Å². The fraction of sp³-hybridized carbons (Fsp3) is 0.471. The minimum absolute atomic E-state index is 0.0566. The first-order valence-electron chi connectivity index (χ1n) is 7.75. The fourth-order valence-corrected chi connectivity index (χ4v) is 2.85. The van der Waals surface area contributed by atoms with Gasteiger partial charge in [0.2, 0.25) is 0 Å². The molecule has 1 atom stereocenters. The summed E-state index contributed by atoms with van der Waals surface area (Å²) in [5.41, 5.74) is 7.94. The Labute approximate surface area is 125 Å². The average Bonchev–Trinajstić information content (AvgIpc) is 3.16. The average molecular weight is 285 g/mol. The summed E-state index contributed by atoms with van der Waals surface area (Å²) < 4.78 is 7.89. The third-order valence-electron chi connectivity index (χ3n) is 4.15. The molecule has 1 aliphatic carbocycles. The summed E-state index contributed by atoms with van der Waals surface area (Å²) in [7, 11) is 0. The highest BCUT2D eigenvalue weighted by atomic mass is 16.5. The smallest absolute Gasteiger partial charge is 0.132 e. The first-order valence-corrected chi connectivity index (χ1v) is 7.75. The van der Waals surface area contributed by atoms with Crippen LogP contribution in [0.4, 0.5) is 0 Å². The van der Waals surface area contributed by atoms with Crippen LogP contribution < -0.4 is 10.5 Å². The quantitative estimate of drug-likeness (QED) is 0.913. The van der Waals surface area contributed by atoms with Gasteiger partial charge in [0.25, 0.3) is 0 Å². The molecule has 21 heavy (non-hydrogen) atoms. The van der Waals surface area contributed by atoms with Crippen LogP contribution in [0.15, 0.2) is 36.5 Å². The molecular weight excluding hydrogens is 262 g/mol. The Bertz CT molecular complexity index is 568. The van der Waals surface area contributed by atoms with Crippen LogP contribution in [0.3, 0.4) is 0 Å². The Morgan fingerprint density at radius 2 is 1.95 bits per heavy atom. The van der Waals surface area contributed by atoms with E-state index < -0.39 is 0 Å². The Balaban J connectivity index is 1.57. The van der Waals surface area contributed by atoms with Gasteiger partial charge < -0.3 is 10.5 Å². The van der Waals surface area contributed by atoms with Crippen molar-refractivity contribution < 1.29 is 4.74 Å². The van der Waals surface area contributed by atoms with E-state index in [1.807, 2.05) is 31.2 Å². The van der Waals surface area contributed by atoms with Crippen LogP contribution in [0.25, 0.3) is 0 Å². The summed E-state index contributed by atoms with van der Waals surface area (Å²) in [6.45, 7) is 2.49. The normalized spacial score (nSPS) is 17.0. The van der Waals surface area contributed by atoms with E-state index in [-0.39, 0.29) is 6.04 Å². The largest absolute Gasteiger partial charge is 0.487 e. The van der Waals surface area contributed by atoms with Gasteiger partial charge in [0, 0.05) is 12.2 Å². The number of rotatable bonds is 5. The zero-order chi connectivity index (χ0) is 14.7. The molecule has 2 aromatic rings. The molecule has 2 N–H and O–H groups in total. The second-order valence-corrected chi connectivity index (χ2v) is 5.87. The van der Waals surface area contributed by atoms with E-state index >= 15 is 0 Å². The van der Waals surface area contributed by atoms with Gasteiger partial charge in [0.15, 0.2) is 0 Å². The van der Waals surface area contributed by atoms with E-state index in [0.717, 1.165) is 17.0 Å². The van der Waals surface area contributed by atoms with E-state index in [4.69, 9.17) is 10.5 Å². The maximum absolute atomic E-state index is 5.84. The molecule has 0 spiro atoms. The van der Waals surface area contributed by atoms with Crippen molar-refractivity contribution in [2.24, 2.45) is 5.73 Å². The highest BCUT2D eigenvalue weighted by molar-refractivity contribution is 5.28. The summed E-state index contributed by atoms with van der Waals surface area (Å²) in [5, 5.41) is 4.62. The number of ether oxygens (including phenoxy) is 1. The van der Waals surface area contributed by atoms with E-state index in [1.54, 1.807) is 0 Å². The van der Waals surface area contributed by atoms with Gasteiger partial charge in [-0.15, -0.1) is 0 Å². The molecule has 3 rings (SSSR count). The van der Waals surface area contributed by atoms with E-state index in [9.17, 15) is 0 Å². The number of nitrogens with zero attached hydrogens (tertiary/aromatic N) is 2. The molecule has 1 aliphatic rings. The predicted molar refractivity (Wildman–Crippen MR) is 83.1 cm³/mol.